The molecule has 2 unspecified atom stereocenters. The van der Waals surface area contributed by atoms with Gasteiger partial charge >= 0.3 is 0 Å². The molecule has 0 saturated carbocycles. The number of halogens is 1. The summed E-state index contributed by atoms with van der Waals surface area (Å²) in [6, 6.07) is 11.0. The highest BCUT2D eigenvalue weighted by atomic mass is 127. The van der Waals surface area contributed by atoms with Gasteiger partial charge in [0.1, 0.15) is 0 Å². The van der Waals surface area contributed by atoms with Crippen LogP contribution in [0.2, 0.25) is 0 Å². The molecule has 1 aromatic heterocycles. The summed E-state index contributed by atoms with van der Waals surface area (Å²) < 4.78 is 1.95. The molecule has 0 aliphatic carbocycles. The van der Waals surface area contributed by atoms with E-state index in [0.29, 0.717) is 11.8 Å². The zero-order valence-corrected chi connectivity index (χ0v) is 20.1. The third-order valence-electron chi connectivity index (χ3n) is 6.08. The van der Waals surface area contributed by atoms with Crippen molar-refractivity contribution in [3.63, 3.8) is 0 Å². The van der Waals surface area contributed by atoms with Crippen LogP contribution in [-0.4, -0.2) is 40.8 Å². The number of aryl methyl sites for hydroxylation is 2. The highest BCUT2D eigenvalue weighted by Crippen LogP contribution is 2.34. The van der Waals surface area contributed by atoms with Crippen LogP contribution in [0.1, 0.15) is 48.2 Å². The van der Waals surface area contributed by atoms with Crippen molar-refractivity contribution in [1.29, 1.82) is 0 Å². The number of nitrogens with one attached hydrogen (secondary N) is 1. The number of aromatic nitrogens is 2. The summed E-state index contributed by atoms with van der Waals surface area (Å²) in [5, 5.41) is 8.09. The molecule has 28 heavy (non-hydrogen) atoms. The number of benzene rings is 1. The van der Waals surface area contributed by atoms with Crippen molar-refractivity contribution in [2.45, 2.75) is 46.1 Å². The number of guanidine groups is 1. The molecule has 6 heteroatoms. The summed E-state index contributed by atoms with van der Waals surface area (Å²) in [4.78, 5) is 6.99. The summed E-state index contributed by atoms with van der Waals surface area (Å²) in [6.45, 7) is 9.38. The molecule has 3 rings (SSSR count). The fraction of sp³-hybridized carbons (Fsp3) is 0.545. The van der Waals surface area contributed by atoms with Gasteiger partial charge in [0.05, 0.1) is 5.69 Å². The Morgan fingerprint density at radius 1 is 1.25 bits per heavy atom. The Kier molecular flexibility index (Phi) is 8.34. The Balaban J connectivity index is 0.00000280. The van der Waals surface area contributed by atoms with E-state index in [9.17, 15) is 0 Å². The lowest BCUT2D eigenvalue weighted by Gasteiger charge is -2.40. The molecule has 1 aliphatic heterocycles. The largest absolute Gasteiger partial charge is 0.352 e. The quantitative estimate of drug-likeness (QED) is 0.392. The molecule has 1 saturated heterocycles. The van der Waals surface area contributed by atoms with Gasteiger partial charge in [-0.15, -0.1) is 24.0 Å². The third-order valence-corrected chi connectivity index (χ3v) is 6.08. The smallest absolute Gasteiger partial charge is 0.193 e. The standard InChI is InChI=1S/C22H33N5.HI/c1-6-18-15-27(13-12-20(18)19-10-8-7-9-11-19)22(23-4)24-14-21-16(2)25-26(5)17(21)3;/h7-11,18,20H,6,12-15H2,1-5H3,(H,23,24);1H. The van der Waals surface area contributed by atoms with E-state index in [1.807, 2.05) is 18.8 Å². The lowest BCUT2D eigenvalue weighted by Crippen LogP contribution is -2.48. The minimum atomic E-state index is 0. The maximum atomic E-state index is 4.56. The van der Waals surface area contributed by atoms with Crippen LogP contribution < -0.4 is 5.32 Å². The Morgan fingerprint density at radius 2 is 1.96 bits per heavy atom. The molecule has 0 bridgehead atoms. The minimum Gasteiger partial charge on any atom is -0.352 e. The van der Waals surface area contributed by atoms with Gasteiger partial charge in [-0.05, 0) is 37.7 Å². The topological polar surface area (TPSA) is 45.4 Å². The van der Waals surface area contributed by atoms with Crippen LogP contribution >= 0.6 is 24.0 Å². The van der Waals surface area contributed by atoms with E-state index in [1.165, 1.54) is 29.7 Å². The second-order valence-electron chi connectivity index (χ2n) is 7.59. The van der Waals surface area contributed by atoms with Crippen molar-refractivity contribution >= 4 is 29.9 Å². The molecule has 2 atom stereocenters. The minimum absolute atomic E-state index is 0. The van der Waals surface area contributed by atoms with Crippen molar-refractivity contribution in [2.24, 2.45) is 18.0 Å². The fourth-order valence-electron chi connectivity index (χ4n) is 4.35. The Bertz CT molecular complexity index is 784. The van der Waals surface area contributed by atoms with Gasteiger partial charge in [-0.1, -0.05) is 43.7 Å². The molecule has 2 heterocycles. The number of likely N-dealkylation sites (tertiary alicyclic amines) is 1. The lowest BCUT2D eigenvalue weighted by atomic mass is 9.79. The normalized spacial score (nSPS) is 20.0. The van der Waals surface area contributed by atoms with Gasteiger partial charge in [0.15, 0.2) is 5.96 Å². The van der Waals surface area contributed by atoms with Gasteiger partial charge < -0.3 is 10.2 Å². The van der Waals surface area contributed by atoms with Gasteiger partial charge in [0.25, 0.3) is 0 Å². The van der Waals surface area contributed by atoms with Crippen LogP contribution in [0, 0.1) is 19.8 Å². The van der Waals surface area contributed by atoms with Crippen LogP contribution in [0.15, 0.2) is 35.3 Å². The molecule has 154 valence electrons. The maximum Gasteiger partial charge on any atom is 0.193 e. The van der Waals surface area contributed by atoms with Crippen molar-refractivity contribution in [1.82, 2.24) is 20.0 Å². The third kappa shape index (κ3) is 4.88. The van der Waals surface area contributed by atoms with Gasteiger partial charge in [-0.3, -0.25) is 9.67 Å². The fourth-order valence-corrected chi connectivity index (χ4v) is 4.35. The number of aliphatic imine (C=N–C) groups is 1. The summed E-state index contributed by atoms with van der Waals surface area (Å²) in [5.74, 6) is 2.30. The molecular formula is C22H34IN5. The first-order valence-corrected chi connectivity index (χ1v) is 10.0. The Labute approximate surface area is 186 Å². The van der Waals surface area contributed by atoms with E-state index in [4.69, 9.17) is 0 Å². The summed E-state index contributed by atoms with van der Waals surface area (Å²) >= 11 is 0. The van der Waals surface area contributed by atoms with E-state index < -0.39 is 0 Å². The number of hydrogen-bond donors (Lipinski definition) is 1. The van der Waals surface area contributed by atoms with Crippen molar-refractivity contribution in [3.05, 3.63) is 52.8 Å². The van der Waals surface area contributed by atoms with E-state index in [1.54, 1.807) is 0 Å². The predicted molar refractivity (Wildman–Crippen MR) is 127 cm³/mol. The first kappa shape index (κ1) is 22.7. The summed E-state index contributed by atoms with van der Waals surface area (Å²) in [5.41, 5.74) is 5.05. The molecule has 1 fully saturated rings. The van der Waals surface area contributed by atoms with Crippen molar-refractivity contribution < 1.29 is 0 Å². The zero-order valence-electron chi connectivity index (χ0n) is 17.8. The van der Waals surface area contributed by atoms with Gasteiger partial charge in [-0.2, -0.15) is 5.10 Å². The number of nitrogens with zero attached hydrogens (tertiary/aromatic N) is 4. The van der Waals surface area contributed by atoms with E-state index in [-0.39, 0.29) is 24.0 Å². The first-order chi connectivity index (χ1) is 13.0. The second kappa shape index (κ2) is 10.3. The van der Waals surface area contributed by atoms with Crippen LogP contribution in [0.25, 0.3) is 0 Å². The van der Waals surface area contributed by atoms with Crippen LogP contribution in [0.4, 0.5) is 0 Å². The Hall–Kier alpha value is -1.57. The molecule has 0 radical (unpaired) electrons. The molecule has 2 aromatic rings. The molecule has 5 nitrogen and oxygen atoms in total. The molecular weight excluding hydrogens is 461 g/mol. The summed E-state index contributed by atoms with van der Waals surface area (Å²) in [7, 11) is 3.89. The van der Waals surface area contributed by atoms with Gasteiger partial charge in [-0.25, -0.2) is 0 Å². The average molecular weight is 495 g/mol. The number of rotatable bonds is 4. The molecule has 0 spiro atoms. The van der Waals surface area contributed by atoms with Gasteiger partial charge in [0.2, 0.25) is 0 Å². The second-order valence-corrected chi connectivity index (χ2v) is 7.59. The Morgan fingerprint density at radius 3 is 2.54 bits per heavy atom. The van der Waals surface area contributed by atoms with E-state index in [2.05, 4.69) is 71.4 Å². The van der Waals surface area contributed by atoms with Gasteiger partial charge in [0, 0.05) is 45.0 Å². The number of hydrogen-bond acceptors (Lipinski definition) is 2. The van der Waals surface area contributed by atoms with Crippen molar-refractivity contribution in [3.8, 4) is 0 Å². The average Bonchev–Trinajstić information content (AvgIpc) is 2.94. The van der Waals surface area contributed by atoms with Crippen molar-refractivity contribution in [2.75, 3.05) is 20.1 Å². The molecule has 1 aromatic carbocycles. The predicted octanol–water partition coefficient (Wildman–Crippen LogP) is 4.25. The SMILES string of the molecule is CCC1CN(C(=NC)NCc2c(C)nn(C)c2C)CCC1c1ccccc1.I. The number of piperidine rings is 1. The van der Waals surface area contributed by atoms with Crippen LogP contribution in [0.5, 0.6) is 0 Å². The first-order valence-electron chi connectivity index (χ1n) is 10.0. The monoisotopic (exact) mass is 495 g/mol. The van der Waals surface area contributed by atoms with Crippen LogP contribution in [-0.2, 0) is 13.6 Å². The lowest BCUT2D eigenvalue weighted by molar-refractivity contribution is 0.215. The summed E-state index contributed by atoms with van der Waals surface area (Å²) in [6.07, 6.45) is 2.36. The van der Waals surface area contributed by atoms with Crippen LogP contribution in [0.3, 0.4) is 0 Å². The molecule has 0 amide bonds. The molecule has 1 aliphatic rings. The highest BCUT2D eigenvalue weighted by molar-refractivity contribution is 14.0. The molecule has 1 N–H and O–H groups in total. The maximum absolute atomic E-state index is 4.56. The highest BCUT2D eigenvalue weighted by Gasteiger charge is 2.30. The van der Waals surface area contributed by atoms with E-state index >= 15 is 0 Å². The van der Waals surface area contributed by atoms with E-state index in [0.717, 1.165) is 31.3 Å². The zero-order chi connectivity index (χ0) is 19.4.